The van der Waals surface area contributed by atoms with Gasteiger partial charge in [0.2, 0.25) is 5.95 Å². The van der Waals surface area contributed by atoms with E-state index in [1.54, 1.807) is 12.4 Å². The van der Waals surface area contributed by atoms with E-state index in [0.717, 1.165) is 83.2 Å². The van der Waals surface area contributed by atoms with E-state index in [1.807, 2.05) is 60.1 Å². The SMILES string of the molecule is c1ccc(-c2ccc3c(n2)c2cc4c(cc2n3-c2ccc3c(c2)c2ccccc2n3-c2nc(-c3cccnc3)cc(-c3cccnc3)n2)sc2ccccc24)cc1. The lowest BCUT2D eigenvalue weighted by atomic mass is 10.1. The van der Waals surface area contributed by atoms with Crippen molar-refractivity contribution in [1.29, 1.82) is 0 Å². The lowest BCUT2D eigenvalue weighted by molar-refractivity contribution is 0.994. The van der Waals surface area contributed by atoms with Crippen LogP contribution >= 0.6 is 11.3 Å². The van der Waals surface area contributed by atoms with E-state index in [1.165, 1.54) is 20.2 Å². The Morgan fingerprint density at radius 3 is 1.84 bits per heavy atom. The van der Waals surface area contributed by atoms with Crippen molar-refractivity contribution in [2.75, 3.05) is 0 Å². The number of pyridine rings is 3. The first-order valence-corrected chi connectivity index (χ1v) is 19.6. The predicted octanol–water partition coefficient (Wildman–Crippen LogP) is 12.2. The zero-order valence-corrected chi connectivity index (χ0v) is 31.1. The smallest absolute Gasteiger partial charge is 0.235 e. The Balaban J connectivity index is 1.12. The Morgan fingerprint density at radius 1 is 0.386 bits per heavy atom. The third-order valence-corrected chi connectivity index (χ3v) is 12.1. The summed E-state index contributed by atoms with van der Waals surface area (Å²) in [7, 11) is 0. The van der Waals surface area contributed by atoms with Crippen molar-refractivity contribution in [3.05, 3.63) is 176 Å². The van der Waals surface area contributed by atoms with Crippen molar-refractivity contribution in [3.63, 3.8) is 0 Å². The highest BCUT2D eigenvalue weighted by molar-refractivity contribution is 7.25. The molecule has 0 spiro atoms. The number of benzene rings is 5. The highest BCUT2D eigenvalue weighted by Crippen LogP contribution is 2.42. The molecule has 0 aliphatic carbocycles. The number of rotatable bonds is 5. The second kappa shape index (κ2) is 12.5. The first kappa shape index (κ1) is 31.8. The van der Waals surface area contributed by atoms with E-state index < -0.39 is 0 Å². The van der Waals surface area contributed by atoms with Gasteiger partial charge in [0.25, 0.3) is 0 Å². The van der Waals surface area contributed by atoms with Gasteiger partial charge in [0.1, 0.15) is 0 Å². The molecule has 0 aliphatic rings. The molecule has 0 aliphatic heterocycles. The summed E-state index contributed by atoms with van der Waals surface area (Å²) in [5.41, 5.74) is 11.7. The first-order chi connectivity index (χ1) is 28.2. The molecule has 57 heavy (non-hydrogen) atoms. The Bertz CT molecular complexity index is 3460. The van der Waals surface area contributed by atoms with Gasteiger partial charge in [-0.05, 0) is 84.9 Å². The van der Waals surface area contributed by atoms with Crippen LogP contribution in [0.5, 0.6) is 0 Å². The van der Waals surface area contributed by atoms with Gasteiger partial charge in [-0.3, -0.25) is 14.5 Å². The topological polar surface area (TPSA) is 74.3 Å². The van der Waals surface area contributed by atoms with E-state index >= 15 is 0 Å². The molecule has 0 bridgehead atoms. The van der Waals surface area contributed by atoms with Gasteiger partial charge in [-0.2, -0.15) is 0 Å². The quantitative estimate of drug-likeness (QED) is 0.175. The fourth-order valence-corrected chi connectivity index (χ4v) is 9.44. The van der Waals surface area contributed by atoms with Crippen molar-refractivity contribution in [2.24, 2.45) is 0 Å². The second-order valence-electron chi connectivity index (χ2n) is 14.2. The Labute approximate surface area is 329 Å². The maximum atomic E-state index is 5.37. The van der Waals surface area contributed by atoms with Crippen molar-refractivity contribution in [1.82, 2.24) is 34.1 Å². The number of fused-ring (bicyclic) bond motifs is 9. The van der Waals surface area contributed by atoms with Crippen LogP contribution in [-0.4, -0.2) is 34.1 Å². The molecule has 5 aromatic carbocycles. The van der Waals surface area contributed by atoms with Gasteiger partial charge in [-0.1, -0.05) is 66.7 Å². The molecule has 0 amide bonds. The molecule has 0 radical (unpaired) electrons. The van der Waals surface area contributed by atoms with Crippen LogP contribution in [0.15, 0.2) is 176 Å². The van der Waals surface area contributed by atoms with Crippen molar-refractivity contribution >= 4 is 75.3 Å². The van der Waals surface area contributed by atoms with E-state index in [-0.39, 0.29) is 0 Å². The van der Waals surface area contributed by atoms with Gasteiger partial charge in [0, 0.05) is 83.5 Å². The summed E-state index contributed by atoms with van der Waals surface area (Å²) in [5, 5.41) is 5.88. The van der Waals surface area contributed by atoms with Crippen LogP contribution in [0.2, 0.25) is 0 Å². The Hall–Kier alpha value is -7.55. The number of hydrogen-bond donors (Lipinski definition) is 0. The minimum absolute atomic E-state index is 0.579. The lowest BCUT2D eigenvalue weighted by Gasteiger charge is -2.12. The fourth-order valence-electron chi connectivity index (χ4n) is 8.32. The van der Waals surface area contributed by atoms with Crippen LogP contribution in [0.1, 0.15) is 0 Å². The molecule has 266 valence electrons. The highest BCUT2D eigenvalue weighted by Gasteiger charge is 2.21. The van der Waals surface area contributed by atoms with E-state index in [9.17, 15) is 0 Å². The molecule has 12 aromatic rings. The summed E-state index contributed by atoms with van der Waals surface area (Å²) in [4.78, 5) is 24.5. The summed E-state index contributed by atoms with van der Waals surface area (Å²) in [5.74, 6) is 0.579. The minimum atomic E-state index is 0.579. The molecule has 0 fully saturated rings. The lowest BCUT2D eigenvalue weighted by Crippen LogP contribution is -2.04. The molecule has 0 saturated carbocycles. The van der Waals surface area contributed by atoms with Crippen LogP contribution in [0.25, 0.3) is 109 Å². The third kappa shape index (κ3) is 5.01. The van der Waals surface area contributed by atoms with Gasteiger partial charge in [-0.25, -0.2) is 15.0 Å². The Morgan fingerprint density at radius 2 is 1.07 bits per heavy atom. The number of nitrogens with zero attached hydrogens (tertiary/aromatic N) is 7. The zero-order chi connectivity index (χ0) is 37.5. The van der Waals surface area contributed by atoms with Crippen molar-refractivity contribution in [2.45, 2.75) is 0 Å². The van der Waals surface area contributed by atoms with Crippen LogP contribution in [-0.2, 0) is 0 Å². The maximum absolute atomic E-state index is 5.37. The van der Waals surface area contributed by atoms with Crippen molar-refractivity contribution < 1.29 is 0 Å². The third-order valence-electron chi connectivity index (χ3n) is 10.9. The molecule has 0 atom stereocenters. The van der Waals surface area contributed by atoms with Gasteiger partial charge >= 0.3 is 0 Å². The summed E-state index contributed by atoms with van der Waals surface area (Å²) in [6.07, 6.45) is 7.23. The second-order valence-corrected chi connectivity index (χ2v) is 15.3. The molecule has 0 N–H and O–H groups in total. The fraction of sp³-hybridized carbons (Fsp3) is 0. The molecule has 0 unspecified atom stereocenters. The largest absolute Gasteiger partial charge is 0.308 e. The molecular formula is C49H29N7S. The number of hydrogen-bond acceptors (Lipinski definition) is 6. The molecule has 0 saturated heterocycles. The van der Waals surface area contributed by atoms with Gasteiger partial charge in [0.15, 0.2) is 0 Å². The average Bonchev–Trinajstić information content (AvgIpc) is 3.93. The molecule has 7 aromatic heterocycles. The van der Waals surface area contributed by atoms with E-state index in [4.69, 9.17) is 15.0 Å². The summed E-state index contributed by atoms with van der Waals surface area (Å²) >= 11 is 1.84. The predicted molar refractivity (Wildman–Crippen MR) is 233 cm³/mol. The van der Waals surface area contributed by atoms with Crippen LogP contribution in [0.4, 0.5) is 0 Å². The monoisotopic (exact) mass is 747 g/mol. The maximum Gasteiger partial charge on any atom is 0.235 e. The van der Waals surface area contributed by atoms with Gasteiger partial charge < -0.3 is 4.57 Å². The van der Waals surface area contributed by atoms with Gasteiger partial charge in [0.05, 0.1) is 44.7 Å². The molecule has 7 heterocycles. The summed E-state index contributed by atoms with van der Waals surface area (Å²) in [6, 6.07) is 53.3. The normalized spacial score (nSPS) is 11.9. The molecule has 7 nitrogen and oxygen atoms in total. The first-order valence-electron chi connectivity index (χ1n) is 18.8. The molecule has 8 heteroatoms. The molecular weight excluding hydrogens is 719 g/mol. The van der Waals surface area contributed by atoms with E-state index in [0.29, 0.717) is 5.95 Å². The number of thiophene rings is 1. The zero-order valence-electron chi connectivity index (χ0n) is 30.3. The summed E-state index contributed by atoms with van der Waals surface area (Å²) < 4.78 is 7.09. The van der Waals surface area contributed by atoms with Gasteiger partial charge in [-0.15, -0.1) is 11.3 Å². The van der Waals surface area contributed by atoms with Crippen LogP contribution in [0, 0.1) is 0 Å². The number of aromatic nitrogens is 7. The van der Waals surface area contributed by atoms with E-state index in [2.05, 4.69) is 134 Å². The standard InChI is InChI=1S/C49H29N7S/c1-2-10-30(11-3-1)39-19-21-44-48(52-39)38-25-37-35-15-5-7-17-46(35)57-47(37)27-45(38)55(44)33-18-20-43-36(24-33)34-14-4-6-16-42(34)56(43)49-53-40(31-12-8-22-50-28-31)26-41(54-49)32-13-9-23-51-29-32/h1-29H. The minimum Gasteiger partial charge on any atom is -0.308 e. The number of para-hydroxylation sites is 1. The average molecular weight is 748 g/mol. The highest BCUT2D eigenvalue weighted by atomic mass is 32.1. The Kier molecular flexibility index (Phi) is 6.96. The summed E-state index contributed by atoms with van der Waals surface area (Å²) in [6.45, 7) is 0. The molecule has 12 rings (SSSR count). The van der Waals surface area contributed by atoms with Crippen molar-refractivity contribution in [3.8, 4) is 45.4 Å². The van der Waals surface area contributed by atoms with Crippen LogP contribution < -0.4 is 0 Å². The van der Waals surface area contributed by atoms with Crippen LogP contribution in [0.3, 0.4) is 0 Å².